The fourth-order valence-electron chi connectivity index (χ4n) is 5.95. The lowest BCUT2D eigenvalue weighted by Gasteiger charge is -2.46. The van der Waals surface area contributed by atoms with Gasteiger partial charge in [-0.3, -0.25) is 0 Å². The molecule has 3 aliphatic rings. The average molecular weight is 332 g/mol. The number of carboxylic acids is 1. The lowest BCUT2D eigenvalue weighted by atomic mass is 9.68. The van der Waals surface area contributed by atoms with E-state index < -0.39 is 11.8 Å². The van der Waals surface area contributed by atoms with Gasteiger partial charge in [-0.2, -0.15) is 0 Å². The zero-order valence-electron chi connectivity index (χ0n) is 14.3. The highest BCUT2D eigenvalue weighted by molar-refractivity contribution is 5.88. The van der Waals surface area contributed by atoms with Crippen LogP contribution in [0.4, 0.5) is 4.39 Å². The van der Waals surface area contributed by atoms with E-state index in [9.17, 15) is 14.3 Å². The summed E-state index contributed by atoms with van der Waals surface area (Å²) in [4.78, 5) is 11.2. The number of ether oxygens (including phenoxy) is 1. The number of carbonyl (C=O) groups is 1. The van der Waals surface area contributed by atoms with Gasteiger partial charge in [-0.25, -0.2) is 9.18 Å². The van der Waals surface area contributed by atoms with Crippen LogP contribution in [0.5, 0.6) is 5.75 Å². The maximum atomic E-state index is 14.3. The van der Waals surface area contributed by atoms with Crippen molar-refractivity contribution in [3.8, 4) is 5.75 Å². The molecule has 24 heavy (non-hydrogen) atoms. The SMILES string of the molecule is CC(C)C1(Oc2cc(C(=O)O)ccc2F)CC2CC1C1CCCC21. The fraction of sp³-hybridized carbons (Fsp3) is 0.650. The van der Waals surface area contributed by atoms with E-state index in [1.807, 2.05) is 0 Å². The Morgan fingerprint density at radius 3 is 2.79 bits per heavy atom. The summed E-state index contributed by atoms with van der Waals surface area (Å²) in [5, 5.41) is 9.18. The fourth-order valence-corrected chi connectivity index (χ4v) is 5.95. The monoisotopic (exact) mass is 332 g/mol. The van der Waals surface area contributed by atoms with E-state index in [-0.39, 0.29) is 22.8 Å². The summed E-state index contributed by atoms with van der Waals surface area (Å²) in [7, 11) is 0. The smallest absolute Gasteiger partial charge is 0.335 e. The molecule has 3 aliphatic carbocycles. The van der Waals surface area contributed by atoms with Crippen molar-refractivity contribution in [2.45, 2.75) is 51.6 Å². The predicted octanol–water partition coefficient (Wildman–Crippen LogP) is 4.75. The van der Waals surface area contributed by atoms with Crippen molar-refractivity contribution in [1.82, 2.24) is 0 Å². The summed E-state index contributed by atoms with van der Waals surface area (Å²) in [5.41, 5.74) is -0.277. The minimum absolute atomic E-state index is 0.0761. The van der Waals surface area contributed by atoms with Crippen molar-refractivity contribution in [3.05, 3.63) is 29.6 Å². The first-order chi connectivity index (χ1) is 11.4. The number of fused-ring (bicyclic) bond motifs is 5. The number of halogens is 1. The second-order valence-corrected chi connectivity index (χ2v) is 8.23. The summed E-state index contributed by atoms with van der Waals surface area (Å²) in [6, 6.07) is 3.85. The third kappa shape index (κ3) is 2.18. The third-order valence-corrected chi connectivity index (χ3v) is 6.97. The summed E-state index contributed by atoms with van der Waals surface area (Å²) in [6.07, 6.45) is 6.07. The predicted molar refractivity (Wildman–Crippen MR) is 88.6 cm³/mol. The van der Waals surface area contributed by atoms with Gasteiger partial charge in [-0.15, -0.1) is 0 Å². The number of carboxylic acid groups (broad SMARTS) is 1. The molecule has 0 radical (unpaired) electrons. The molecule has 0 aromatic heterocycles. The van der Waals surface area contributed by atoms with Crippen LogP contribution in [-0.4, -0.2) is 16.7 Å². The Morgan fingerprint density at radius 1 is 1.33 bits per heavy atom. The second kappa shape index (κ2) is 5.47. The van der Waals surface area contributed by atoms with Crippen molar-refractivity contribution in [3.63, 3.8) is 0 Å². The van der Waals surface area contributed by atoms with E-state index in [1.165, 1.54) is 43.9 Å². The average Bonchev–Trinajstić information content (AvgIpc) is 3.20. The second-order valence-electron chi connectivity index (χ2n) is 8.23. The number of benzene rings is 1. The molecule has 0 amide bonds. The van der Waals surface area contributed by atoms with E-state index in [0.717, 1.165) is 12.3 Å². The Balaban J connectivity index is 1.69. The van der Waals surface area contributed by atoms with Gasteiger partial charge >= 0.3 is 5.97 Å². The molecule has 1 aromatic rings. The van der Waals surface area contributed by atoms with Gasteiger partial charge in [-0.1, -0.05) is 20.3 Å². The highest BCUT2D eigenvalue weighted by atomic mass is 19.1. The van der Waals surface area contributed by atoms with Gasteiger partial charge < -0.3 is 9.84 Å². The van der Waals surface area contributed by atoms with E-state index >= 15 is 0 Å². The molecule has 0 heterocycles. The van der Waals surface area contributed by atoms with Crippen LogP contribution in [0.15, 0.2) is 18.2 Å². The maximum absolute atomic E-state index is 14.3. The van der Waals surface area contributed by atoms with E-state index in [1.54, 1.807) is 0 Å². The molecule has 3 nitrogen and oxygen atoms in total. The molecule has 1 N–H and O–H groups in total. The first-order valence-corrected chi connectivity index (χ1v) is 9.14. The number of rotatable bonds is 4. The molecule has 5 atom stereocenters. The molecule has 0 spiro atoms. The van der Waals surface area contributed by atoms with Gasteiger partial charge in [0.1, 0.15) is 5.60 Å². The lowest BCUT2D eigenvalue weighted by Crippen LogP contribution is -2.50. The quantitative estimate of drug-likeness (QED) is 0.865. The van der Waals surface area contributed by atoms with Crippen LogP contribution < -0.4 is 4.74 Å². The normalized spacial score (nSPS) is 37.0. The number of hydrogen-bond acceptors (Lipinski definition) is 2. The van der Waals surface area contributed by atoms with Crippen molar-refractivity contribution in [2.24, 2.45) is 29.6 Å². The van der Waals surface area contributed by atoms with Gasteiger partial charge in [0, 0.05) is 5.92 Å². The van der Waals surface area contributed by atoms with Crippen molar-refractivity contribution in [2.75, 3.05) is 0 Å². The van der Waals surface area contributed by atoms with Crippen LogP contribution in [0, 0.1) is 35.4 Å². The Morgan fingerprint density at radius 2 is 2.08 bits per heavy atom. The molecule has 4 heteroatoms. The zero-order valence-corrected chi connectivity index (χ0v) is 14.3. The molecule has 0 saturated heterocycles. The van der Waals surface area contributed by atoms with Gasteiger partial charge in [-0.05, 0) is 67.6 Å². The van der Waals surface area contributed by atoms with Crippen molar-refractivity contribution in [1.29, 1.82) is 0 Å². The number of hydrogen-bond donors (Lipinski definition) is 1. The van der Waals surface area contributed by atoms with Crippen molar-refractivity contribution < 1.29 is 19.0 Å². The van der Waals surface area contributed by atoms with Crippen LogP contribution in [0.2, 0.25) is 0 Å². The molecule has 2 bridgehead atoms. The molecule has 3 saturated carbocycles. The van der Waals surface area contributed by atoms with Crippen LogP contribution in [0.25, 0.3) is 0 Å². The highest BCUT2D eigenvalue weighted by Crippen LogP contribution is 2.65. The van der Waals surface area contributed by atoms with E-state index in [4.69, 9.17) is 4.74 Å². The van der Waals surface area contributed by atoms with Gasteiger partial charge in [0.2, 0.25) is 0 Å². The molecule has 4 rings (SSSR count). The van der Waals surface area contributed by atoms with Gasteiger partial charge in [0.15, 0.2) is 11.6 Å². The Labute approximate surface area is 142 Å². The van der Waals surface area contributed by atoms with Crippen LogP contribution >= 0.6 is 0 Å². The highest BCUT2D eigenvalue weighted by Gasteiger charge is 2.63. The van der Waals surface area contributed by atoms with Crippen LogP contribution in [-0.2, 0) is 0 Å². The molecule has 0 aliphatic heterocycles. The van der Waals surface area contributed by atoms with Gasteiger partial charge in [0.25, 0.3) is 0 Å². The van der Waals surface area contributed by atoms with Crippen LogP contribution in [0.1, 0.15) is 56.3 Å². The summed E-state index contributed by atoms with van der Waals surface area (Å²) >= 11 is 0. The largest absolute Gasteiger partial charge is 0.484 e. The maximum Gasteiger partial charge on any atom is 0.335 e. The molecule has 1 aromatic carbocycles. The minimum Gasteiger partial charge on any atom is -0.484 e. The minimum atomic E-state index is -1.05. The standard InChI is InChI=1S/C20H25FO3/c1-11(2)20(10-13-8-16(20)15-5-3-4-14(13)15)24-18-9-12(19(22)23)6-7-17(18)21/h6-7,9,11,13-16H,3-5,8,10H2,1-2H3,(H,22,23). The number of aromatic carboxylic acids is 1. The summed E-state index contributed by atoms with van der Waals surface area (Å²) in [6.45, 7) is 4.31. The molecule has 130 valence electrons. The molecule has 5 unspecified atom stereocenters. The Hall–Kier alpha value is -1.58. The summed E-state index contributed by atoms with van der Waals surface area (Å²) < 4.78 is 20.7. The Bertz CT molecular complexity index is 671. The first-order valence-electron chi connectivity index (χ1n) is 9.14. The zero-order chi connectivity index (χ0) is 17.1. The van der Waals surface area contributed by atoms with Crippen molar-refractivity contribution >= 4 is 5.97 Å². The lowest BCUT2D eigenvalue weighted by molar-refractivity contribution is -0.0605. The first kappa shape index (κ1) is 15.9. The molecule has 3 fully saturated rings. The molecular weight excluding hydrogens is 307 g/mol. The van der Waals surface area contributed by atoms with Gasteiger partial charge in [0.05, 0.1) is 5.56 Å². The third-order valence-electron chi connectivity index (χ3n) is 6.97. The van der Waals surface area contributed by atoms with E-state index in [0.29, 0.717) is 17.8 Å². The molecular formula is C20H25FO3. The summed E-state index contributed by atoms with van der Waals surface area (Å²) in [5.74, 6) is 1.57. The topological polar surface area (TPSA) is 46.5 Å². The van der Waals surface area contributed by atoms with Crippen LogP contribution in [0.3, 0.4) is 0 Å². The van der Waals surface area contributed by atoms with E-state index in [2.05, 4.69) is 13.8 Å². The Kier molecular flexibility index (Phi) is 3.63.